The summed E-state index contributed by atoms with van der Waals surface area (Å²) in [6.07, 6.45) is 0. The van der Waals surface area contributed by atoms with E-state index in [-0.39, 0.29) is 23.8 Å². The maximum atomic E-state index is 13.0. The van der Waals surface area contributed by atoms with Crippen molar-refractivity contribution in [2.75, 3.05) is 12.4 Å². The van der Waals surface area contributed by atoms with E-state index in [1.54, 1.807) is 24.1 Å². The Morgan fingerprint density at radius 2 is 1.86 bits per heavy atom. The molecule has 1 aromatic heterocycles. The lowest BCUT2D eigenvalue weighted by atomic mass is 10.1. The van der Waals surface area contributed by atoms with Gasteiger partial charge in [0.25, 0.3) is 0 Å². The number of nitrogens with zero attached hydrogens (tertiary/aromatic N) is 3. The molecule has 0 spiro atoms. The molecule has 0 saturated carbocycles. The summed E-state index contributed by atoms with van der Waals surface area (Å²) in [5.74, 6) is -0.0165. The van der Waals surface area contributed by atoms with E-state index in [1.165, 1.54) is 23.5 Å². The Balaban J connectivity index is 2.03. The van der Waals surface area contributed by atoms with Crippen LogP contribution in [-0.2, 0) is 0 Å². The molecule has 118 valence electrons. The Labute approximate surface area is 133 Å². The van der Waals surface area contributed by atoms with Crippen LogP contribution in [0.25, 0.3) is 0 Å². The molecule has 2 aromatic rings. The van der Waals surface area contributed by atoms with Gasteiger partial charge in [-0.05, 0) is 24.6 Å². The summed E-state index contributed by atoms with van der Waals surface area (Å²) in [6, 6.07) is 5.66. The monoisotopic (exact) mass is 322 g/mol. The van der Waals surface area contributed by atoms with Crippen molar-refractivity contribution >= 4 is 22.5 Å². The molecule has 1 heterocycles. The summed E-state index contributed by atoms with van der Waals surface area (Å²) >= 11 is 1.37. The predicted molar refractivity (Wildman–Crippen MR) is 85.6 cm³/mol. The standard InChI is InChI=1S/C15H19FN4OS/c1-9(2)13-18-19-14(22-13)17-15(21)20(4)10(3)11-5-7-12(16)8-6-11/h5-10H,1-4H3,(H,17,19,21). The molecular formula is C15H19FN4OS. The number of amides is 2. The second kappa shape index (κ2) is 6.83. The second-order valence-corrected chi connectivity index (χ2v) is 6.38. The van der Waals surface area contributed by atoms with Gasteiger partial charge in [-0.3, -0.25) is 5.32 Å². The van der Waals surface area contributed by atoms with Crippen molar-refractivity contribution in [2.24, 2.45) is 0 Å². The lowest BCUT2D eigenvalue weighted by Crippen LogP contribution is -2.33. The van der Waals surface area contributed by atoms with Gasteiger partial charge in [0.15, 0.2) is 0 Å². The fourth-order valence-electron chi connectivity index (χ4n) is 1.84. The summed E-state index contributed by atoms with van der Waals surface area (Å²) < 4.78 is 13.0. The van der Waals surface area contributed by atoms with Gasteiger partial charge < -0.3 is 4.90 Å². The molecule has 22 heavy (non-hydrogen) atoms. The second-order valence-electron chi connectivity index (χ2n) is 5.37. The number of carbonyl (C=O) groups is 1. The molecule has 0 radical (unpaired) electrons. The van der Waals surface area contributed by atoms with Crippen molar-refractivity contribution in [3.8, 4) is 0 Å². The van der Waals surface area contributed by atoms with Crippen LogP contribution in [0.2, 0.25) is 0 Å². The zero-order chi connectivity index (χ0) is 16.3. The van der Waals surface area contributed by atoms with Crippen molar-refractivity contribution in [3.63, 3.8) is 0 Å². The van der Waals surface area contributed by atoms with Crippen LogP contribution < -0.4 is 5.32 Å². The molecule has 2 rings (SSSR count). The van der Waals surface area contributed by atoms with Crippen LogP contribution in [0.5, 0.6) is 0 Å². The van der Waals surface area contributed by atoms with E-state index in [0.29, 0.717) is 5.13 Å². The van der Waals surface area contributed by atoms with Crippen LogP contribution in [-0.4, -0.2) is 28.2 Å². The van der Waals surface area contributed by atoms with Gasteiger partial charge in [-0.25, -0.2) is 9.18 Å². The maximum absolute atomic E-state index is 13.0. The van der Waals surface area contributed by atoms with E-state index in [9.17, 15) is 9.18 Å². The third kappa shape index (κ3) is 3.79. The van der Waals surface area contributed by atoms with Gasteiger partial charge >= 0.3 is 6.03 Å². The van der Waals surface area contributed by atoms with Crippen molar-refractivity contribution in [1.82, 2.24) is 15.1 Å². The van der Waals surface area contributed by atoms with Crippen molar-refractivity contribution in [2.45, 2.75) is 32.7 Å². The predicted octanol–water partition coefficient (Wildman–Crippen LogP) is 4.03. The summed E-state index contributed by atoms with van der Waals surface area (Å²) in [7, 11) is 1.69. The molecule has 7 heteroatoms. The summed E-state index contributed by atoms with van der Waals surface area (Å²) in [4.78, 5) is 13.8. The number of halogens is 1. The zero-order valence-electron chi connectivity index (χ0n) is 13.0. The number of hydrogen-bond acceptors (Lipinski definition) is 4. The van der Waals surface area contributed by atoms with Crippen molar-refractivity contribution in [1.29, 1.82) is 0 Å². The average molecular weight is 322 g/mol. The highest BCUT2D eigenvalue weighted by atomic mass is 32.1. The van der Waals surface area contributed by atoms with E-state index in [2.05, 4.69) is 15.5 Å². The Kier molecular flexibility index (Phi) is 5.07. The molecule has 1 unspecified atom stereocenters. The molecule has 0 aliphatic carbocycles. The molecule has 0 bridgehead atoms. The highest BCUT2D eigenvalue weighted by molar-refractivity contribution is 7.15. The minimum atomic E-state index is -0.293. The smallest absolute Gasteiger partial charge is 0.321 e. The Bertz CT molecular complexity index is 641. The van der Waals surface area contributed by atoms with E-state index in [1.807, 2.05) is 20.8 Å². The number of benzene rings is 1. The van der Waals surface area contributed by atoms with Gasteiger partial charge in [-0.15, -0.1) is 10.2 Å². The zero-order valence-corrected chi connectivity index (χ0v) is 13.8. The largest absolute Gasteiger partial charge is 0.323 e. The third-order valence-electron chi connectivity index (χ3n) is 3.40. The van der Waals surface area contributed by atoms with Gasteiger partial charge in [-0.2, -0.15) is 0 Å². The number of rotatable bonds is 4. The van der Waals surface area contributed by atoms with Gasteiger partial charge in [0.05, 0.1) is 6.04 Å². The quantitative estimate of drug-likeness (QED) is 0.924. The van der Waals surface area contributed by atoms with Crippen LogP contribution in [0.1, 0.15) is 43.3 Å². The SMILES string of the molecule is CC(C)c1nnc(NC(=O)N(C)C(C)c2ccc(F)cc2)s1. The summed E-state index contributed by atoms with van der Waals surface area (Å²) in [5, 5.41) is 12.1. The van der Waals surface area contributed by atoms with E-state index < -0.39 is 0 Å². The van der Waals surface area contributed by atoms with E-state index in [4.69, 9.17) is 0 Å². The topological polar surface area (TPSA) is 58.1 Å². The normalized spacial score (nSPS) is 12.3. The molecule has 0 saturated heterocycles. The highest BCUT2D eigenvalue weighted by Crippen LogP contribution is 2.24. The number of nitrogens with one attached hydrogen (secondary N) is 1. The molecule has 1 N–H and O–H groups in total. The van der Waals surface area contributed by atoms with Crippen LogP contribution in [0.15, 0.2) is 24.3 Å². The van der Waals surface area contributed by atoms with E-state index >= 15 is 0 Å². The van der Waals surface area contributed by atoms with Gasteiger partial charge in [0.2, 0.25) is 5.13 Å². The van der Waals surface area contributed by atoms with E-state index in [0.717, 1.165) is 10.6 Å². The number of anilines is 1. The first-order valence-corrected chi connectivity index (χ1v) is 7.82. The van der Waals surface area contributed by atoms with Crippen LogP contribution >= 0.6 is 11.3 Å². The first-order chi connectivity index (χ1) is 10.4. The number of urea groups is 1. The molecule has 0 aliphatic rings. The highest BCUT2D eigenvalue weighted by Gasteiger charge is 2.19. The van der Waals surface area contributed by atoms with Crippen LogP contribution in [0.3, 0.4) is 0 Å². The first kappa shape index (κ1) is 16.4. The molecule has 2 amide bonds. The Morgan fingerprint density at radius 3 is 2.41 bits per heavy atom. The minimum Gasteiger partial charge on any atom is -0.321 e. The lowest BCUT2D eigenvalue weighted by molar-refractivity contribution is 0.208. The van der Waals surface area contributed by atoms with Crippen molar-refractivity contribution in [3.05, 3.63) is 40.7 Å². The molecule has 1 atom stereocenters. The number of hydrogen-bond donors (Lipinski definition) is 1. The fourth-order valence-corrected chi connectivity index (χ4v) is 2.57. The summed E-state index contributed by atoms with van der Waals surface area (Å²) in [6.45, 7) is 5.93. The first-order valence-electron chi connectivity index (χ1n) is 7.01. The van der Waals surface area contributed by atoms with Crippen molar-refractivity contribution < 1.29 is 9.18 Å². The fraction of sp³-hybridized carbons (Fsp3) is 0.400. The maximum Gasteiger partial charge on any atom is 0.323 e. The van der Waals surface area contributed by atoms with Gasteiger partial charge in [0.1, 0.15) is 10.8 Å². The third-order valence-corrected chi connectivity index (χ3v) is 4.54. The minimum absolute atomic E-state index is 0.182. The van der Waals surface area contributed by atoms with Gasteiger partial charge in [-0.1, -0.05) is 37.3 Å². The molecule has 0 fully saturated rings. The van der Waals surface area contributed by atoms with Crippen LogP contribution in [0.4, 0.5) is 14.3 Å². The Hall–Kier alpha value is -2.02. The average Bonchev–Trinajstić information content (AvgIpc) is 2.95. The lowest BCUT2D eigenvalue weighted by Gasteiger charge is -2.25. The molecule has 1 aromatic carbocycles. The molecule has 5 nitrogen and oxygen atoms in total. The summed E-state index contributed by atoms with van der Waals surface area (Å²) in [5.41, 5.74) is 0.860. The van der Waals surface area contributed by atoms with Crippen LogP contribution in [0, 0.1) is 5.82 Å². The number of aromatic nitrogens is 2. The molecule has 0 aliphatic heterocycles. The number of carbonyl (C=O) groups excluding carboxylic acids is 1. The Morgan fingerprint density at radius 1 is 1.23 bits per heavy atom. The molecular weight excluding hydrogens is 303 g/mol. The van der Waals surface area contributed by atoms with Gasteiger partial charge in [0, 0.05) is 13.0 Å².